The Morgan fingerprint density at radius 2 is 1.87 bits per heavy atom. The molecule has 3 N–H and O–H groups in total. The number of nitrogens with two attached hydrogens (primary N) is 1. The number of para-hydroxylation sites is 1. The summed E-state index contributed by atoms with van der Waals surface area (Å²) in [6, 6.07) is 15.4. The van der Waals surface area contributed by atoms with Crippen molar-refractivity contribution >= 4 is 34.7 Å². The van der Waals surface area contributed by atoms with Gasteiger partial charge in [0.15, 0.2) is 11.6 Å². The first-order chi connectivity index (χ1) is 14.5. The fraction of sp³-hybridized carbons (Fsp3) is 0.261. The summed E-state index contributed by atoms with van der Waals surface area (Å²) in [5.41, 5.74) is 10.0. The molecule has 3 aromatic rings. The van der Waals surface area contributed by atoms with E-state index in [0.29, 0.717) is 28.6 Å². The lowest BCUT2D eigenvalue weighted by Crippen LogP contribution is -2.18. The zero-order valence-corrected chi connectivity index (χ0v) is 17.6. The second kappa shape index (κ2) is 9.73. The number of aromatic nitrogens is 2. The molecule has 1 heterocycles. The second-order valence-corrected chi connectivity index (χ2v) is 6.95. The minimum Gasteiger partial charge on any atom is -0.465 e. The van der Waals surface area contributed by atoms with Crippen LogP contribution >= 0.6 is 0 Å². The van der Waals surface area contributed by atoms with Gasteiger partial charge >= 0.3 is 5.97 Å². The Bertz CT molecular complexity index is 1000. The van der Waals surface area contributed by atoms with E-state index in [4.69, 9.17) is 10.5 Å². The van der Waals surface area contributed by atoms with Crippen LogP contribution in [-0.4, -0.2) is 30.1 Å². The molecule has 0 radical (unpaired) electrons. The molecule has 0 atom stereocenters. The first kappa shape index (κ1) is 21.1. The molecule has 0 aliphatic rings. The summed E-state index contributed by atoms with van der Waals surface area (Å²) >= 11 is 0. The van der Waals surface area contributed by atoms with E-state index in [1.165, 1.54) is 31.8 Å². The molecular formula is C23H27N5O2. The van der Waals surface area contributed by atoms with Crippen molar-refractivity contribution in [3.05, 3.63) is 66.0 Å². The summed E-state index contributed by atoms with van der Waals surface area (Å²) in [4.78, 5) is 22.5. The Balaban J connectivity index is 1.86. The van der Waals surface area contributed by atoms with Crippen LogP contribution in [0.15, 0.2) is 54.9 Å². The highest BCUT2D eigenvalue weighted by molar-refractivity contribution is 5.97. The molecule has 2 aromatic carbocycles. The van der Waals surface area contributed by atoms with Crippen molar-refractivity contribution in [1.29, 1.82) is 0 Å². The summed E-state index contributed by atoms with van der Waals surface area (Å²) < 4.78 is 4.89. The number of methoxy groups -OCH3 is 1. The van der Waals surface area contributed by atoms with Crippen LogP contribution in [0, 0.1) is 0 Å². The molecule has 3 rings (SSSR count). The molecule has 7 nitrogen and oxygen atoms in total. The molecule has 1 aromatic heterocycles. The predicted octanol–water partition coefficient (Wildman–Crippen LogP) is 4.70. The number of hydrogen-bond donors (Lipinski definition) is 2. The molecule has 0 aliphatic carbocycles. The summed E-state index contributed by atoms with van der Waals surface area (Å²) in [6.45, 7) is 2.19. The Hall–Kier alpha value is -3.61. The quantitative estimate of drug-likeness (QED) is 0.525. The maximum Gasteiger partial charge on any atom is 0.339 e. The van der Waals surface area contributed by atoms with E-state index in [1.807, 2.05) is 24.3 Å². The van der Waals surface area contributed by atoms with Gasteiger partial charge in [0.1, 0.15) is 12.0 Å². The number of anilines is 5. The van der Waals surface area contributed by atoms with Gasteiger partial charge in [-0.3, -0.25) is 0 Å². The largest absolute Gasteiger partial charge is 0.465 e. The normalized spacial score (nSPS) is 10.5. The number of esters is 1. The molecule has 30 heavy (non-hydrogen) atoms. The molecule has 0 saturated heterocycles. The van der Waals surface area contributed by atoms with Crippen LogP contribution in [0.3, 0.4) is 0 Å². The number of ether oxygens (including phenoxy) is 1. The number of nitrogens with one attached hydrogen (secondary N) is 1. The summed E-state index contributed by atoms with van der Waals surface area (Å²) in [5, 5.41) is 3.26. The van der Waals surface area contributed by atoms with Gasteiger partial charge in [0.2, 0.25) is 0 Å². The highest BCUT2D eigenvalue weighted by Crippen LogP contribution is 2.33. The molecule has 0 unspecified atom stereocenters. The first-order valence-electron chi connectivity index (χ1n) is 9.92. The summed E-state index contributed by atoms with van der Waals surface area (Å²) in [6.07, 6.45) is 4.86. The van der Waals surface area contributed by atoms with Gasteiger partial charge in [-0.05, 0) is 42.7 Å². The van der Waals surface area contributed by atoms with Crippen LogP contribution in [0.2, 0.25) is 0 Å². The second-order valence-electron chi connectivity index (χ2n) is 6.95. The first-order valence-corrected chi connectivity index (χ1v) is 9.92. The van der Waals surface area contributed by atoms with E-state index in [0.717, 1.165) is 12.1 Å². The van der Waals surface area contributed by atoms with Crippen molar-refractivity contribution < 1.29 is 9.53 Å². The van der Waals surface area contributed by atoms with E-state index in [1.54, 1.807) is 24.1 Å². The molecular weight excluding hydrogens is 378 g/mol. The van der Waals surface area contributed by atoms with Crippen molar-refractivity contribution in [2.24, 2.45) is 0 Å². The number of nitrogens with zero attached hydrogens (tertiary/aromatic N) is 3. The molecule has 0 aliphatic heterocycles. The van der Waals surface area contributed by atoms with Gasteiger partial charge in [0, 0.05) is 12.7 Å². The Morgan fingerprint density at radius 3 is 2.57 bits per heavy atom. The predicted molar refractivity (Wildman–Crippen MR) is 121 cm³/mol. The number of carbonyl (C=O) groups excluding carboxylic acids is 1. The smallest absolute Gasteiger partial charge is 0.339 e. The van der Waals surface area contributed by atoms with Crippen molar-refractivity contribution in [3.8, 4) is 0 Å². The molecule has 7 heteroatoms. The minimum atomic E-state index is -0.424. The van der Waals surface area contributed by atoms with Gasteiger partial charge in [-0.25, -0.2) is 14.8 Å². The van der Waals surface area contributed by atoms with Crippen LogP contribution in [-0.2, 0) is 11.2 Å². The summed E-state index contributed by atoms with van der Waals surface area (Å²) in [7, 11) is 3.15. The van der Waals surface area contributed by atoms with Crippen LogP contribution in [0.25, 0.3) is 0 Å². The number of aryl methyl sites for hydroxylation is 1. The zero-order chi connectivity index (χ0) is 21.5. The van der Waals surface area contributed by atoms with Crippen LogP contribution in [0.4, 0.5) is 28.7 Å². The monoisotopic (exact) mass is 405 g/mol. The number of carbonyl (C=O) groups is 1. The fourth-order valence-electron chi connectivity index (χ4n) is 3.19. The molecule has 0 amide bonds. The minimum absolute atomic E-state index is 0.384. The van der Waals surface area contributed by atoms with Crippen molar-refractivity contribution in [2.45, 2.75) is 26.2 Å². The van der Waals surface area contributed by atoms with Gasteiger partial charge in [-0.1, -0.05) is 37.6 Å². The molecule has 0 fully saturated rings. The van der Waals surface area contributed by atoms with E-state index in [2.05, 4.69) is 34.3 Å². The SMILES string of the molecule is CCCCc1ccc(Nc2ncnc(N(C)c3ccccc3C(=O)OC)c2N)cc1. The third-order valence-electron chi connectivity index (χ3n) is 4.89. The third kappa shape index (κ3) is 4.68. The highest BCUT2D eigenvalue weighted by atomic mass is 16.5. The van der Waals surface area contributed by atoms with E-state index >= 15 is 0 Å². The number of nitrogen functional groups attached to an aromatic ring is 1. The number of unbranched alkanes of at least 4 members (excludes halogenated alkanes) is 1. The fourth-order valence-corrected chi connectivity index (χ4v) is 3.19. The topological polar surface area (TPSA) is 93.4 Å². The lowest BCUT2D eigenvalue weighted by atomic mass is 10.1. The van der Waals surface area contributed by atoms with Crippen molar-refractivity contribution in [3.63, 3.8) is 0 Å². The Labute approximate surface area is 176 Å². The lowest BCUT2D eigenvalue weighted by molar-refractivity contribution is 0.0601. The summed E-state index contributed by atoms with van der Waals surface area (Å²) in [5.74, 6) is 0.568. The Morgan fingerprint density at radius 1 is 1.13 bits per heavy atom. The number of hydrogen-bond acceptors (Lipinski definition) is 7. The lowest BCUT2D eigenvalue weighted by Gasteiger charge is -2.23. The van der Waals surface area contributed by atoms with Gasteiger partial charge in [0.25, 0.3) is 0 Å². The Kier molecular flexibility index (Phi) is 6.85. The zero-order valence-electron chi connectivity index (χ0n) is 17.6. The number of rotatable bonds is 8. The van der Waals surface area contributed by atoms with Gasteiger partial charge < -0.3 is 20.7 Å². The van der Waals surface area contributed by atoms with E-state index in [-0.39, 0.29) is 0 Å². The van der Waals surface area contributed by atoms with E-state index in [9.17, 15) is 4.79 Å². The standard InChI is InChI=1S/C23H27N5O2/c1-4-5-8-16-11-13-17(14-12-16)27-21-20(24)22(26-15-25-21)28(2)19-10-7-6-9-18(19)23(29)30-3/h6-7,9-15H,4-5,8,24H2,1-3H3,(H,25,26,27). The molecule has 0 bridgehead atoms. The molecule has 156 valence electrons. The third-order valence-corrected chi connectivity index (χ3v) is 4.89. The van der Waals surface area contributed by atoms with Crippen molar-refractivity contribution in [1.82, 2.24) is 9.97 Å². The van der Waals surface area contributed by atoms with Crippen LogP contribution < -0.4 is 16.0 Å². The highest BCUT2D eigenvalue weighted by Gasteiger charge is 2.19. The van der Waals surface area contributed by atoms with Gasteiger partial charge in [-0.15, -0.1) is 0 Å². The van der Waals surface area contributed by atoms with Gasteiger partial charge in [-0.2, -0.15) is 0 Å². The van der Waals surface area contributed by atoms with Crippen LogP contribution in [0.5, 0.6) is 0 Å². The van der Waals surface area contributed by atoms with E-state index < -0.39 is 5.97 Å². The number of benzene rings is 2. The average molecular weight is 406 g/mol. The van der Waals surface area contributed by atoms with Gasteiger partial charge in [0.05, 0.1) is 18.4 Å². The van der Waals surface area contributed by atoms with Crippen LogP contribution in [0.1, 0.15) is 35.7 Å². The average Bonchev–Trinajstić information content (AvgIpc) is 2.79. The molecule has 0 spiro atoms. The maximum atomic E-state index is 12.1. The van der Waals surface area contributed by atoms with Crippen molar-refractivity contribution in [2.75, 3.05) is 30.1 Å². The molecule has 0 saturated carbocycles. The maximum absolute atomic E-state index is 12.1.